The minimum absolute atomic E-state index is 0.0183. The number of carbonyl (C=O) groups is 1. The molecule has 1 unspecified atom stereocenters. The van der Waals surface area contributed by atoms with E-state index in [2.05, 4.69) is 86.6 Å². The number of epoxide rings is 1. The monoisotopic (exact) mass is 608 g/mol. The van der Waals surface area contributed by atoms with E-state index in [1.165, 1.54) is 0 Å². The molecule has 3 aromatic carbocycles. The lowest BCUT2D eigenvalue weighted by atomic mass is 9.45. The first-order valence-corrected chi connectivity index (χ1v) is 16.4. The predicted molar refractivity (Wildman–Crippen MR) is 171 cm³/mol. The summed E-state index contributed by atoms with van der Waals surface area (Å²) in [6.45, 7) is 5.66. The molecule has 4 aliphatic rings. The summed E-state index contributed by atoms with van der Waals surface area (Å²) in [4.78, 5) is 12.3. The lowest BCUT2D eigenvalue weighted by Crippen LogP contribution is -2.61. The van der Waals surface area contributed by atoms with Crippen molar-refractivity contribution in [3.8, 4) is 0 Å². The number of allylic oxidation sites excluding steroid dienone is 1. The van der Waals surface area contributed by atoms with Crippen LogP contribution in [0.3, 0.4) is 0 Å². The normalized spacial score (nSPS) is 35.3. The molecule has 0 bridgehead atoms. The molecule has 2 saturated carbocycles. The van der Waals surface area contributed by atoms with Gasteiger partial charge in [-0.2, -0.15) is 0 Å². The zero-order valence-electron chi connectivity index (χ0n) is 26.2. The molecular formula is C39H44O6. The number of fused-ring (bicyclic) bond motifs is 1. The van der Waals surface area contributed by atoms with Crippen LogP contribution < -0.4 is 0 Å². The minimum Gasteiger partial charge on any atom is -0.459 e. The van der Waals surface area contributed by atoms with Crippen molar-refractivity contribution in [3.05, 3.63) is 119 Å². The van der Waals surface area contributed by atoms with Gasteiger partial charge in [-0.1, -0.05) is 111 Å². The fourth-order valence-electron chi connectivity index (χ4n) is 9.26. The number of rotatable bonds is 8. The molecule has 2 saturated heterocycles. The summed E-state index contributed by atoms with van der Waals surface area (Å²) < 4.78 is 18.7. The van der Waals surface area contributed by atoms with Gasteiger partial charge in [0.05, 0.1) is 30.5 Å². The van der Waals surface area contributed by atoms with Gasteiger partial charge in [0.2, 0.25) is 0 Å². The second-order valence-corrected chi connectivity index (χ2v) is 14.1. The Labute approximate surface area is 266 Å². The Kier molecular flexibility index (Phi) is 7.76. The summed E-state index contributed by atoms with van der Waals surface area (Å²) in [5, 5.41) is 22.3. The summed E-state index contributed by atoms with van der Waals surface area (Å²) in [5.74, 6) is -0.125. The summed E-state index contributed by atoms with van der Waals surface area (Å²) in [7, 11) is 0. The van der Waals surface area contributed by atoms with Crippen molar-refractivity contribution in [3.63, 3.8) is 0 Å². The number of benzene rings is 3. The van der Waals surface area contributed by atoms with E-state index in [1.54, 1.807) is 0 Å². The van der Waals surface area contributed by atoms with Crippen LogP contribution in [0.15, 0.2) is 103 Å². The lowest BCUT2D eigenvalue weighted by Gasteiger charge is -2.61. The molecule has 3 aromatic rings. The standard InChI is InChI=1S/C39H44O6/c1-36-22-21-34(41)37(2,32(36)20-23-38(26-44-38)33(36)19-18-30-31(40)24-43-35(30)42)25-45-39(27-12-6-3-7-13-27,28-14-8-4-9-15-28)29-16-10-5-11-17-29/h3-18,31-34,40-41H,19-26H2,1-2H3/b30-18+/t31-,32?,33-,34-,36+,37+,38+/m1/s1. The minimum atomic E-state index is -0.880. The number of hydrogen-bond acceptors (Lipinski definition) is 6. The van der Waals surface area contributed by atoms with Crippen LogP contribution in [0.2, 0.25) is 0 Å². The number of aliphatic hydroxyl groups is 2. The molecule has 2 aliphatic carbocycles. The van der Waals surface area contributed by atoms with Gasteiger partial charge in [0.15, 0.2) is 0 Å². The molecule has 1 spiro atoms. The van der Waals surface area contributed by atoms with Crippen LogP contribution in [0.4, 0.5) is 0 Å². The van der Waals surface area contributed by atoms with Crippen molar-refractivity contribution in [2.24, 2.45) is 22.7 Å². The van der Waals surface area contributed by atoms with Crippen molar-refractivity contribution in [2.75, 3.05) is 19.8 Å². The summed E-state index contributed by atoms with van der Waals surface area (Å²) >= 11 is 0. The second-order valence-electron chi connectivity index (χ2n) is 14.1. The van der Waals surface area contributed by atoms with Gasteiger partial charge >= 0.3 is 5.97 Å². The molecule has 6 heteroatoms. The molecule has 2 N–H and O–H groups in total. The van der Waals surface area contributed by atoms with Gasteiger partial charge < -0.3 is 24.4 Å². The molecule has 2 heterocycles. The maximum atomic E-state index is 12.3. The smallest absolute Gasteiger partial charge is 0.336 e. The number of aliphatic hydroxyl groups excluding tert-OH is 2. The molecule has 6 nitrogen and oxygen atoms in total. The SMILES string of the molecule is C[C@]1(COC(c2ccccc2)(c2ccccc2)c2ccccc2)C2CC[C@]3(CO3)[C@H](C/C=C3/C(=O)OC[C@H]3O)[C@@]2(C)CC[C@H]1O. The summed E-state index contributed by atoms with van der Waals surface area (Å²) in [6, 6.07) is 31.2. The van der Waals surface area contributed by atoms with Gasteiger partial charge in [0, 0.05) is 5.41 Å². The third-order valence-corrected chi connectivity index (χ3v) is 11.8. The average molecular weight is 609 g/mol. The van der Waals surface area contributed by atoms with Crippen LogP contribution in [-0.4, -0.2) is 53.8 Å². The third kappa shape index (κ3) is 4.98. The number of hydrogen-bond donors (Lipinski definition) is 2. The Morgan fingerprint density at radius 3 is 1.91 bits per heavy atom. The maximum Gasteiger partial charge on any atom is 0.336 e. The van der Waals surface area contributed by atoms with Crippen molar-refractivity contribution in [1.29, 1.82) is 0 Å². The highest BCUT2D eigenvalue weighted by atomic mass is 16.6. The first-order valence-electron chi connectivity index (χ1n) is 16.4. The number of cyclic esters (lactones) is 1. The maximum absolute atomic E-state index is 12.3. The zero-order valence-corrected chi connectivity index (χ0v) is 26.2. The molecule has 0 amide bonds. The van der Waals surface area contributed by atoms with E-state index in [0.717, 1.165) is 36.0 Å². The van der Waals surface area contributed by atoms with E-state index in [4.69, 9.17) is 14.2 Å². The molecule has 2 aliphatic heterocycles. The quantitative estimate of drug-likeness (QED) is 0.137. The van der Waals surface area contributed by atoms with Crippen molar-refractivity contribution >= 4 is 5.97 Å². The van der Waals surface area contributed by atoms with Gasteiger partial charge in [0.25, 0.3) is 0 Å². The van der Waals surface area contributed by atoms with Crippen LogP contribution in [-0.2, 0) is 24.6 Å². The molecule has 45 heavy (non-hydrogen) atoms. The fraction of sp³-hybridized carbons (Fsp3) is 0.462. The van der Waals surface area contributed by atoms with Crippen molar-refractivity contribution in [2.45, 2.75) is 69.4 Å². The van der Waals surface area contributed by atoms with Gasteiger partial charge in [-0.05, 0) is 66.0 Å². The van der Waals surface area contributed by atoms with Crippen LogP contribution in [0.5, 0.6) is 0 Å². The second kappa shape index (κ2) is 11.5. The highest BCUT2D eigenvalue weighted by molar-refractivity contribution is 5.91. The van der Waals surface area contributed by atoms with E-state index in [0.29, 0.717) is 31.6 Å². The Bertz CT molecular complexity index is 1440. The third-order valence-electron chi connectivity index (χ3n) is 11.8. The number of ether oxygens (including phenoxy) is 3. The van der Waals surface area contributed by atoms with Gasteiger partial charge in [-0.3, -0.25) is 0 Å². The van der Waals surface area contributed by atoms with Crippen molar-refractivity contribution in [1.82, 2.24) is 0 Å². The van der Waals surface area contributed by atoms with E-state index in [-0.39, 0.29) is 29.5 Å². The van der Waals surface area contributed by atoms with E-state index in [1.807, 2.05) is 24.3 Å². The van der Waals surface area contributed by atoms with Crippen molar-refractivity contribution < 1.29 is 29.2 Å². The summed E-state index contributed by atoms with van der Waals surface area (Å²) in [5.41, 5.74) is 1.69. The molecule has 0 aromatic heterocycles. The Balaban J connectivity index is 1.27. The Morgan fingerprint density at radius 1 is 0.867 bits per heavy atom. The first-order chi connectivity index (χ1) is 21.7. The number of carbonyl (C=O) groups excluding carboxylic acids is 1. The molecule has 236 valence electrons. The fourth-order valence-corrected chi connectivity index (χ4v) is 9.26. The van der Waals surface area contributed by atoms with Crippen LogP contribution in [0, 0.1) is 22.7 Å². The van der Waals surface area contributed by atoms with Gasteiger partial charge in [-0.25, -0.2) is 4.79 Å². The molecule has 0 radical (unpaired) electrons. The highest BCUT2D eigenvalue weighted by Crippen LogP contribution is 2.66. The predicted octanol–water partition coefficient (Wildman–Crippen LogP) is 6.19. The molecular weight excluding hydrogens is 564 g/mol. The van der Waals surface area contributed by atoms with E-state index in [9.17, 15) is 15.0 Å². The highest BCUT2D eigenvalue weighted by Gasteiger charge is 2.67. The van der Waals surface area contributed by atoms with Crippen LogP contribution >= 0.6 is 0 Å². The Hall–Kier alpha value is -3.29. The van der Waals surface area contributed by atoms with E-state index >= 15 is 0 Å². The molecule has 7 atom stereocenters. The lowest BCUT2D eigenvalue weighted by molar-refractivity contribution is -0.193. The van der Waals surface area contributed by atoms with Crippen LogP contribution in [0.25, 0.3) is 0 Å². The largest absolute Gasteiger partial charge is 0.459 e. The van der Waals surface area contributed by atoms with E-state index < -0.39 is 29.2 Å². The van der Waals surface area contributed by atoms with Gasteiger partial charge in [0.1, 0.15) is 18.3 Å². The first kappa shape index (κ1) is 30.4. The average Bonchev–Trinajstić information content (AvgIpc) is 3.77. The molecule has 4 fully saturated rings. The zero-order chi connectivity index (χ0) is 31.3. The number of esters is 1. The topological polar surface area (TPSA) is 88.5 Å². The Morgan fingerprint density at radius 2 is 1.42 bits per heavy atom. The van der Waals surface area contributed by atoms with Crippen LogP contribution in [0.1, 0.15) is 62.6 Å². The van der Waals surface area contributed by atoms with Gasteiger partial charge in [-0.15, -0.1) is 0 Å². The molecule has 7 rings (SSSR count). The summed E-state index contributed by atoms with van der Waals surface area (Å²) in [6.07, 6.45) is 4.47.